The number of amides is 2. The van der Waals surface area contributed by atoms with Crippen LogP contribution < -0.4 is 0 Å². The summed E-state index contributed by atoms with van der Waals surface area (Å²) >= 11 is 12.2. The van der Waals surface area contributed by atoms with Gasteiger partial charge in [-0.05, 0) is 29.8 Å². The largest absolute Gasteiger partial charge is 0.329 e. The van der Waals surface area contributed by atoms with Gasteiger partial charge in [0.1, 0.15) is 17.1 Å². The third-order valence-electron chi connectivity index (χ3n) is 3.06. The fraction of sp³-hybridized carbons (Fsp3) is 0.385. The normalized spacial score (nSPS) is 14.7. The van der Waals surface area contributed by atoms with Crippen LogP contribution >= 0.6 is 43.7 Å². The molecule has 0 aromatic carbocycles. The minimum absolute atomic E-state index is 0.144. The Morgan fingerprint density at radius 3 is 2.27 bits per heavy atom. The standard InChI is InChI=1S/C9H9BrClN3.C4H4BrNO2/c1-5(2)14-3-6(10)7-8(11)12-4-13-9(7)14;5-6-3(7)1-2-4(6)8/h3-5H,1-2H3;1-2H2. The molecule has 2 aromatic heterocycles. The van der Waals surface area contributed by atoms with Crippen molar-refractivity contribution in [1.82, 2.24) is 18.5 Å². The average Bonchev–Trinajstić information content (AvgIpc) is 2.96. The van der Waals surface area contributed by atoms with Gasteiger partial charge in [0, 0.05) is 29.6 Å². The van der Waals surface area contributed by atoms with Gasteiger partial charge in [0.25, 0.3) is 0 Å². The second-order valence-corrected chi connectivity index (χ2v) is 6.83. The molecule has 0 bridgehead atoms. The van der Waals surface area contributed by atoms with Gasteiger partial charge in [0.05, 0.1) is 21.5 Å². The van der Waals surface area contributed by atoms with E-state index in [-0.39, 0.29) is 11.8 Å². The van der Waals surface area contributed by atoms with Crippen LogP contribution in [0.15, 0.2) is 17.0 Å². The molecule has 0 unspecified atom stereocenters. The summed E-state index contributed by atoms with van der Waals surface area (Å²) in [6, 6.07) is 0.356. The van der Waals surface area contributed by atoms with E-state index >= 15 is 0 Å². The molecule has 22 heavy (non-hydrogen) atoms. The van der Waals surface area contributed by atoms with Crippen LogP contribution in [0.2, 0.25) is 5.15 Å². The molecule has 3 heterocycles. The smallest absolute Gasteiger partial charge is 0.239 e. The van der Waals surface area contributed by atoms with E-state index in [9.17, 15) is 9.59 Å². The summed E-state index contributed by atoms with van der Waals surface area (Å²) in [4.78, 5) is 29.1. The summed E-state index contributed by atoms with van der Waals surface area (Å²) < 4.78 is 3.98. The van der Waals surface area contributed by atoms with Crippen LogP contribution in [0.5, 0.6) is 0 Å². The fourth-order valence-corrected chi connectivity index (χ4v) is 3.23. The molecule has 0 spiro atoms. The maximum absolute atomic E-state index is 10.4. The molecule has 1 aliphatic heterocycles. The number of halogens is 3. The van der Waals surface area contributed by atoms with Crippen molar-refractivity contribution in [2.24, 2.45) is 0 Å². The summed E-state index contributed by atoms with van der Waals surface area (Å²) in [7, 11) is 0. The number of imide groups is 1. The first kappa shape index (κ1) is 17.4. The highest BCUT2D eigenvalue weighted by molar-refractivity contribution is 9.10. The van der Waals surface area contributed by atoms with Gasteiger partial charge in [-0.3, -0.25) is 9.59 Å². The Hall–Kier alpha value is -0.990. The highest BCUT2D eigenvalue weighted by atomic mass is 79.9. The molecule has 0 N–H and O–H groups in total. The van der Waals surface area contributed by atoms with Crippen LogP contribution in [0.3, 0.4) is 0 Å². The van der Waals surface area contributed by atoms with Crippen molar-refractivity contribution in [3.05, 3.63) is 22.1 Å². The van der Waals surface area contributed by atoms with Crippen LogP contribution in [0, 0.1) is 0 Å². The Morgan fingerprint density at radius 1 is 1.23 bits per heavy atom. The highest BCUT2D eigenvalue weighted by Gasteiger charge is 2.26. The Kier molecular flexibility index (Phi) is 5.57. The molecule has 2 amide bonds. The highest BCUT2D eigenvalue weighted by Crippen LogP contribution is 2.31. The van der Waals surface area contributed by atoms with Crippen LogP contribution in [-0.2, 0) is 9.59 Å². The molecule has 0 radical (unpaired) electrons. The molecule has 1 aliphatic rings. The fourth-order valence-electron chi connectivity index (χ4n) is 1.95. The van der Waals surface area contributed by atoms with Crippen LogP contribution in [0.25, 0.3) is 11.0 Å². The second-order valence-electron chi connectivity index (χ2n) is 4.91. The first-order valence-electron chi connectivity index (χ1n) is 6.51. The minimum Gasteiger partial charge on any atom is -0.329 e. The summed E-state index contributed by atoms with van der Waals surface area (Å²) in [6.07, 6.45) is 4.17. The van der Waals surface area contributed by atoms with Crippen LogP contribution in [0.1, 0.15) is 32.7 Å². The van der Waals surface area contributed by atoms with Gasteiger partial charge in [0.15, 0.2) is 0 Å². The number of hydrogen-bond acceptors (Lipinski definition) is 4. The lowest BCUT2D eigenvalue weighted by molar-refractivity contribution is -0.131. The van der Waals surface area contributed by atoms with Gasteiger partial charge >= 0.3 is 0 Å². The molecule has 2 aromatic rings. The molecule has 9 heteroatoms. The van der Waals surface area contributed by atoms with E-state index < -0.39 is 0 Å². The summed E-state index contributed by atoms with van der Waals surface area (Å²) in [5.74, 6) is -0.287. The number of carbonyl (C=O) groups excluding carboxylic acids is 2. The first-order valence-corrected chi connectivity index (χ1v) is 8.39. The van der Waals surface area contributed by atoms with Gasteiger partial charge in [0.2, 0.25) is 11.8 Å². The van der Waals surface area contributed by atoms with E-state index in [1.165, 1.54) is 6.33 Å². The topological polar surface area (TPSA) is 68.1 Å². The molecule has 118 valence electrons. The van der Waals surface area contributed by atoms with Crippen molar-refractivity contribution in [2.75, 3.05) is 0 Å². The number of hydrogen-bond donors (Lipinski definition) is 0. The van der Waals surface area contributed by atoms with Crippen molar-refractivity contribution in [3.63, 3.8) is 0 Å². The molecular weight excluding hydrogens is 439 g/mol. The van der Waals surface area contributed by atoms with Crippen molar-refractivity contribution in [3.8, 4) is 0 Å². The summed E-state index contributed by atoms with van der Waals surface area (Å²) in [5, 5.41) is 1.36. The van der Waals surface area contributed by atoms with Crippen LogP contribution in [-0.4, -0.2) is 30.3 Å². The molecule has 1 fully saturated rings. The van der Waals surface area contributed by atoms with Gasteiger partial charge in [-0.2, -0.15) is 0 Å². The first-order chi connectivity index (χ1) is 10.3. The molecule has 0 saturated carbocycles. The average molecular weight is 453 g/mol. The lowest BCUT2D eigenvalue weighted by Gasteiger charge is -2.07. The maximum atomic E-state index is 10.4. The quantitative estimate of drug-likeness (QED) is 0.374. The zero-order valence-corrected chi connectivity index (χ0v) is 15.8. The number of carbonyl (C=O) groups is 2. The van der Waals surface area contributed by atoms with Gasteiger partial charge in [-0.15, -0.1) is 0 Å². The van der Waals surface area contributed by atoms with E-state index in [0.717, 1.165) is 19.4 Å². The number of aromatic nitrogens is 3. The van der Waals surface area contributed by atoms with E-state index in [4.69, 9.17) is 11.6 Å². The Balaban J connectivity index is 0.000000188. The van der Waals surface area contributed by atoms with Gasteiger partial charge < -0.3 is 4.57 Å². The zero-order valence-electron chi connectivity index (χ0n) is 11.9. The molecule has 6 nitrogen and oxygen atoms in total. The summed E-state index contributed by atoms with van der Waals surface area (Å²) in [5.41, 5.74) is 0.867. The predicted molar refractivity (Wildman–Crippen MR) is 90.6 cm³/mol. The van der Waals surface area contributed by atoms with Gasteiger partial charge in [-0.25, -0.2) is 13.9 Å². The molecule has 1 saturated heterocycles. The van der Waals surface area contributed by atoms with E-state index in [0.29, 0.717) is 24.0 Å². The van der Waals surface area contributed by atoms with Crippen molar-refractivity contribution < 1.29 is 9.59 Å². The lowest BCUT2D eigenvalue weighted by atomic mass is 10.4. The molecule has 0 atom stereocenters. The zero-order chi connectivity index (χ0) is 16.4. The van der Waals surface area contributed by atoms with Crippen molar-refractivity contribution >= 4 is 66.5 Å². The van der Waals surface area contributed by atoms with Crippen molar-refractivity contribution in [1.29, 1.82) is 0 Å². The van der Waals surface area contributed by atoms with Crippen LogP contribution in [0.4, 0.5) is 0 Å². The maximum Gasteiger partial charge on any atom is 0.239 e. The van der Waals surface area contributed by atoms with Crippen molar-refractivity contribution in [2.45, 2.75) is 32.7 Å². The monoisotopic (exact) mass is 450 g/mol. The minimum atomic E-state index is -0.144. The third-order valence-corrected chi connectivity index (χ3v) is 4.74. The summed E-state index contributed by atoms with van der Waals surface area (Å²) in [6.45, 7) is 4.20. The van der Waals surface area contributed by atoms with E-state index in [1.54, 1.807) is 0 Å². The predicted octanol–water partition coefficient (Wildman–Crippen LogP) is 3.87. The lowest BCUT2D eigenvalue weighted by Crippen LogP contribution is -2.16. The van der Waals surface area contributed by atoms with Gasteiger partial charge in [-0.1, -0.05) is 11.6 Å². The molecule has 0 aliphatic carbocycles. The number of fused-ring (bicyclic) bond motifs is 1. The third kappa shape index (κ3) is 3.49. The Labute approximate surface area is 149 Å². The molecule has 3 rings (SSSR count). The Morgan fingerprint density at radius 2 is 1.82 bits per heavy atom. The van der Waals surface area contributed by atoms with E-state index in [2.05, 4.69) is 60.5 Å². The molecular formula is C13H13Br2ClN4O2. The number of rotatable bonds is 1. The number of nitrogens with zero attached hydrogens (tertiary/aromatic N) is 4. The van der Waals surface area contributed by atoms with E-state index in [1.807, 2.05) is 6.20 Å². The Bertz CT molecular complexity index is 716. The SMILES string of the molecule is CC(C)n1cc(Br)c2c(Cl)ncnc21.O=C1CCC(=O)N1Br. The second kappa shape index (κ2) is 7.06.